The number of halogens is 3. The highest BCUT2D eigenvalue weighted by molar-refractivity contribution is 6.30. The maximum atomic E-state index is 14.4. The predicted octanol–water partition coefficient (Wildman–Crippen LogP) is 5.15. The Morgan fingerprint density at radius 3 is 2.53 bits per heavy atom. The molecule has 4 rings (SSSR count). The minimum atomic E-state index is -1.08. The number of benzene rings is 2. The van der Waals surface area contributed by atoms with Gasteiger partial charge in [-0.05, 0) is 48.4 Å². The van der Waals surface area contributed by atoms with Crippen LogP contribution in [0.25, 0.3) is 10.9 Å². The Hall–Kier alpha value is -3.32. The van der Waals surface area contributed by atoms with Crippen molar-refractivity contribution >= 4 is 34.1 Å². The molecular weight excluding hydrogens is 410 g/mol. The Kier molecular flexibility index (Phi) is 5.46. The second-order valence-electron chi connectivity index (χ2n) is 6.66. The summed E-state index contributed by atoms with van der Waals surface area (Å²) in [5, 5.41) is 0.946. The monoisotopic (exact) mass is 426 g/mol. The van der Waals surface area contributed by atoms with Crippen LogP contribution in [-0.4, -0.2) is 15.0 Å². The van der Waals surface area contributed by atoms with Crippen LogP contribution in [0.5, 0.6) is 0 Å². The van der Waals surface area contributed by atoms with E-state index >= 15 is 0 Å². The topological polar surface area (TPSA) is 61.9 Å². The molecule has 8 heteroatoms. The maximum absolute atomic E-state index is 14.4. The predicted molar refractivity (Wildman–Crippen MR) is 113 cm³/mol. The summed E-state index contributed by atoms with van der Waals surface area (Å²) in [7, 11) is 0. The molecule has 2 aromatic carbocycles. The van der Waals surface area contributed by atoms with Crippen molar-refractivity contribution in [3.63, 3.8) is 0 Å². The summed E-state index contributed by atoms with van der Waals surface area (Å²) >= 11 is 6.18. The first-order chi connectivity index (χ1) is 14.5. The van der Waals surface area contributed by atoms with E-state index < -0.39 is 17.2 Å². The summed E-state index contributed by atoms with van der Waals surface area (Å²) in [4.78, 5) is 25.5. The molecule has 0 aliphatic rings. The standard InChI is InChI=1S/C22H17ClF2N4O/c1-2-15-17(16-7-8-18(24)19(25)20(16)28-21(15)30)12-29(22-26-9-4-10-27-22)14-6-3-5-13(23)11-14/h3-11H,2,12H2,1H3,(H,28,30). The lowest BCUT2D eigenvalue weighted by molar-refractivity contribution is 0.515. The highest BCUT2D eigenvalue weighted by Gasteiger charge is 2.21. The van der Waals surface area contributed by atoms with E-state index in [1.165, 1.54) is 6.07 Å². The van der Waals surface area contributed by atoms with Gasteiger partial charge in [0.05, 0.1) is 12.1 Å². The molecule has 5 nitrogen and oxygen atoms in total. The summed E-state index contributed by atoms with van der Waals surface area (Å²) in [5.74, 6) is -1.72. The number of fused-ring (bicyclic) bond motifs is 1. The molecule has 0 aliphatic heterocycles. The number of H-pyrrole nitrogens is 1. The fourth-order valence-electron chi connectivity index (χ4n) is 3.48. The van der Waals surface area contributed by atoms with E-state index in [0.717, 1.165) is 6.07 Å². The Morgan fingerprint density at radius 1 is 1.07 bits per heavy atom. The zero-order valence-corrected chi connectivity index (χ0v) is 16.8. The van der Waals surface area contributed by atoms with Crippen molar-refractivity contribution in [2.45, 2.75) is 19.9 Å². The highest BCUT2D eigenvalue weighted by Crippen LogP contribution is 2.30. The summed E-state index contributed by atoms with van der Waals surface area (Å²) in [6.07, 6.45) is 3.62. The van der Waals surface area contributed by atoms with Crippen LogP contribution in [0.3, 0.4) is 0 Å². The summed E-state index contributed by atoms with van der Waals surface area (Å²) < 4.78 is 28.2. The van der Waals surface area contributed by atoms with Crippen molar-refractivity contribution < 1.29 is 8.78 Å². The smallest absolute Gasteiger partial charge is 0.252 e. The Balaban J connectivity index is 1.96. The molecule has 4 aromatic rings. The van der Waals surface area contributed by atoms with Gasteiger partial charge in [-0.2, -0.15) is 0 Å². The van der Waals surface area contributed by atoms with Crippen molar-refractivity contribution in [3.8, 4) is 0 Å². The molecule has 0 saturated heterocycles. The van der Waals surface area contributed by atoms with Gasteiger partial charge in [-0.15, -0.1) is 0 Å². The molecular formula is C22H17ClF2N4O. The molecule has 0 amide bonds. The quantitative estimate of drug-likeness (QED) is 0.479. The van der Waals surface area contributed by atoms with Gasteiger partial charge in [-0.25, -0.2) is 18.7 Å². The summed E-state index contributed by atoms with van der Waals surface area (Å²) in [5.41, 5.74) is 1.14. The minimum Gasteiger partial charge on any atom is -0.319 e. The number of hydrogen-bond acceptors (Lipinski definition) is 4. The number of aromatic nitrogens is 3. The molecule has 0 saturated carbocycles. The normalized spacial score (nSPS) is 11.1. The van der Waals surface area contributed by atoms with E-state index in [1.54, 1.807) is 41.6 Å². The van der Waals surface area contributed by atoms with Crippen molar-refractivity contribution in [3.05, 3.63) is 93.0 Å². The van der Waals surface area contributed by atoms with Gasteiger partial charge in [0.25, 0.3) is 5.56 Å². The van der Waals surface area contributed by atoms with Gasteiger partial charge in [0.1, 0.15) is 0 Å². The van der Waals surface area contributed by atoms with Crippen molar-refractivity contribution in [1.29, 1.82) is 0 Å². The average Bonchev–Trinajstić information content (AvgIpc) is 2.75. The van der Waals surface area contributed by atoms with Crippen LogP contribution >= 0.6 is 11.6 Å². The molecule has 0 aliphatic carbocycles. The van der Waals surface area contributed by atoms with Crippen molar-refractivity contribution in [1.82, 2.24) is 15.0 Å². The second kappa shape index (κ2) is 8.20. The molecule has 0 spiro atoms. The molecule has 152 valence electrons. The lowest BCUT2D eigenvalue weighted by Crippen LogP contribution is -2.24. The van der Waals surface area contributed by atoms with Crippen LogP contribution in [0.2, 0.25) is 5.02 Å². The van der Waals surface area contributed by atoms with Crippen LogP contribution in [0.1, 0.15) is 18.1 Å². The van der Waals surface area contributed by atoms with Gasteiger partial charge in [0, 0.05) is 34.1 Å². The fourth-order valence-corrected chi connectivity index (χ4v) is 3.66. The van der Waals surface area contributed by atoms with E-state index in [4.69, 9.17) is 11.6 Å². The van der Waals surface area contributed by atoms with E-state index in [9.17, 15) is 13.6 Å². The van der Waals surface area contributed by atoms with E-state index in [-0.39, 0.29) is 12.1 Å². The van der Waals surface area contributed by atoms with Gasteiger partial charge in [-0.1, -0.05) is 24.6 Å². The lowest BCUT2D eigenvalue weighted by Gasteiger charge is -2.25. The molecule has 0 radical (unpaired) electrons. The number of pyridine rings is 1. The molecule has 0 atom stereocenters. The first-order valence-corrected chi connectivity index (χ1v) is 9.69. The minimum absolute atomic E-state index is 0.160. The SMILES string of the molecule is CCc1c(CN(c2cccc(Cl)c2)c2ncccn2)c2ccc(F)c(F)c2[nH]c1=O. The Labute approximate surface area is 176 Å². The fraction of sp³-hybridized carbons (Fsp3) is 0.136. The van der Waals surface area contributed by atoms with E-state index in [1.807, 2.05) is 13.0 Å². The third-order valence-electron chi connectivity index (χ3n) is 4.88. The third-order valence-corrected chi connectivity index (χ3v) is 5.12. The van der Waals surface area contributed by atoms with Crippen LogP contribution in [0.15, 0.2) is 59.7 Å². The van der Waals surface area contributed by atoms with Crippen LogP contribution in [0, 0.1) is 11.6 Å². The van der Waals surface area contributed by atoms with E-state index in [0.29, 0.717) is 39.6 Å². The van der Waals surface area contributed by atoms with Gasteiger partial charge >= 0.3 is 0 Å². The summed E-state index contributed by atoms with van der Waals surface area (Å²) in [6.45, 7) is 2.00. The number of hydrogen-bond donors (Lipinski definition) is 1. The largest absolute Gasteiger partial charge is 0.319 e. The van der Waals surface area contributed by atoms with Crippen molar-refractivity contribution in [2.75, 3.05) is 4.90 Å². The first kappa shape index (κ1) is 20.0. The van der Waals surface area contributed by atoms with Crippen LogP contribution in [0.4, 0.5) is 20.4 Å². The molecule has 0 unspecified atom stereocenters. The van der Waals surface area contributed by atoms with E-state index in [2.05, 4.69) is 15.0 Å². The van der Waals surface area contributed by atoms with Gasteiger partial charge in [0.2, 0.25) is 5.95 Å². The number of anilines is 2. The second-order valence-corrected chi connectivity index (χ2v) is 7.10. The number of nitrogens with zero attached hydrogens (tertiary/aromatic N) is 3. The first-order valence-electron chi connectivity index (χ1n) is 9.31. The van der Waals surface area contributed by atoms with Gasteiger partial charge < -0.3 is 9.88 Å². The maximum Gasteiger partial charge on any atom is 0.252 e. The van der Waals surface area contributed by atoms with Gasteiger partial charge in [0.15, 0.2) is 11.6 Å². The third kappa shape index (κ3) is 3.64. The number of aromatic amines is 1. The molecule has 0 fully saturated rings. The highest BCUT2D eigenvalue weighted by atomic mass is 35.5. The summed E-state index contributed by atoms with van der Waals surface area (Å²) in [6, 6.07) is 11.3. The van der Waals surface area contributed by atoms with Crippen molar-refractivity contribution in [2.24, 2.45) is 0 Å². The lowest BCUT2D eigenvalue weighted by atomic mass is 10.0. The number of nitrogens with one attached hydrogen (secondary N) is 1. The Bertz CT molecular complexity index is 1280. The zero-order valence-electron chi connectivity index (χ0n) is 16.0. The molecule has 2 aromatic heterocycles. The molecule has 30 heavy (non-hydrogen) atoms. The Morgan fingerprint density at radius 2 is 1.83 bits per heavy atom. The van der Waals surface area contributed by atoms with Crippen LogP contribution < -0.4 is 10.5 Å². The van der Waals surface area contributed by atoms with Gasteiger partial charge in [-0.3, -0.25) is 4.79 Å². The average molecular weight is 427 g/mol. The number of rotatable bonds is 5. The zero-order chi connectivity index (χ0) is 21.3. The van der Waals surface area contributed by atoms with Crippen LogP contribution in [-0.2, 0) is 13.0 Å². The molecule has 0 bridgehead atoms. The molecule has 1 N–H and O–H groups in total. The molecule has 2 heterocycles.